The van der Waals surface area contributed by atoms with Gasteiger partial charge in [-0.05, 0) is 39.0 Å². The maximum atomic E-state index is 14.4. The van der Waals surface area contributed by atoms with Gasteiger partial charge in [0, 0.05) is 10.00 Å². The van der Waals surface area contributed by atoms with E-state index >= 15 is 0 Å². The van der Waals surface area contributed by atoms with E-state index in [-0.39, 0.29) is 15.9 Å². The van der Waals surface area contributed by atoms with Gasteiger partial charge < -0.3 is 0 Å². The van der Waals surface area contributed by atoms with Gasteiger partial charge in [-0.3, -0.25) is 0 Å². The van der Waals surface area contributed by atoms with E-state index in [1.807, 2.05) is 13.8 Å². The summed E-state index contributed by atoms with van der Waals surface area (Å²) in [6, 6.07) is 0. The molecule has 1 aromatic rings. The summed E-state index contributed by atoms with van der Waals surface area (Å²) in [7, 11) is -1.59. The first-order chi connectivity index (χ1) is 11.6. The highest BCUT2D eigenvalue weighted by Gasteiger charge is 2.54. The molecular weight excluding hydrogens is 414 g/mol. The number of rotatable bonds is 2. The van der Waals surface area contributed by atoms with Crippen LogP contribution in [0.5, 0.6) is 0 Å². The van der Waals surface area contributed by atoms with E-state index in [1.165, 1.54) is 0 Å². The van der Waals surface area contributed by atoms with Gasteiger partial charge in [0.05, 0.1) is 10.4 Å². The van der Waals surface area contributed by atoms with Crippen molar-refractivity contribution >= 4 is 39.7 Å². The molecule has 0 nitrogen and oxygen atoms in total. The van der Waals surface area contributed by atoms with Crippen molar-refractivity contribution < 1.29 is 22.0 Å². The monoisotopic (exact) mass is 432 g/mol. The number of hydrogen-bond acceptors (Lipinski definition) is 2. The molecule has 25 heavy (non-hydrogen) atoms. The molecule has 0 radical (unpaired) electrons. The fraction of sp³-hybridized carbons (Fsp3) is 0.500. The molecule has 0 spiro atoms. The second-order valence-electron chi connectivity index (χ2n) is 6.75. The Kier molecular flexibility index (Phi) is 5.49. The summed E-state index contributed by atoms with van der Waals surface area (Å²) in [5.41, 5.74) is -0.203. The third kappa shape index (κ3) is 3.15. The predicted octanol–water partition coefficient (Wildman–Crippen LogP) is 7.15. The Balaban J connectivity index is 2.12. The molecule has 1 saturated heterocycles. The van der Waals surface area contributed by atoms with Crippen LogP contribution in [0.15, 0.2) is 17.0 Å². The summed E-state index contributed by atoms with van der Waals surface area (Å²) in [6.45, 7) is 7.92. The lowest BCUT2D eigenvalue weighted by Crippen LogP contribution is -2.38. The molecule has 9 heteroatoms. The van der Waals surface area contributed by atoms with Crippen molar-refractivity contribution in [3.63, 3.8) is 0 Å². The highest BCUT2D eigenvalue weighted by atomic mass is 33.4. The molecule has 0 N–H and O–H groups in total. The topological polar surface area (TPSA) is 0 Å². The largest absolute Gasteiger partial charge is 0.202 e. The number of benzene rings is 1. The third-order valence-electron chi connectivity index (χ3n) is 5.08. The highest BCUT2D eigenvalue weighted by molar-refractivity contribution is 9.14. The first kappa shape index (κ1) is 19.8. The molecule has 3 rings (SSSR count). The summed E-state index contributed by atoms with van der Waals surface area (Å²) in [4.78, 5) is -0.629. The lowest BCUT2D eigenvalue weighted by molar-refractivity contribution is 0.352. The van der Waals surface area contributed by atoms with Gasteiger partial charge in [0.25, 0.3) is 0 Å². The maximum absolute atomic E-state index is 14.4. The average Bonchev–Trinajstić information content (AvgIpc) is 2.81. The van der Waals surface area contributed by atoms with Gasteiger partial charge in [-0.25, -0.2) is 22.0 Å². The standard InChI is InChI=1S/C16H18F5PS3/c1-7(2)8-4-5-16(3)9(6-8)25(22(23)24-16)15-13(20)11(18)10(17)12(19)14(15)21/h8-9,23,25H,1,4-6H2,2-3H3/t8-,9+,16+,22+/m0/s1. The minimum absolute atomic E-state index is 0.139. The number of thiol groups is 2. The van der Waals surface area contributed by atoms with E-state index in [4.69, 9.17) is 0 Å². The van der Waals surface area contributed by atoms with E-state index in [0.29, 0.717) is 6.42 Å². The summed E-state index contributed by atoms with van der Waals surface area (Å²) >= 11 is 6.10. The Morgan fingerprint density at radius 3 is 2.20 bits per heavy atom. The zero-order valence-electron chi connectivity index (χ0n) is 13.6. The van der Waals surface area contributed by atoms with Crippen LogP contribution in [0, 0.1) is 35.0 Å². The van der Waals surface area contributed by atoms with Gasteiger partial charge in [-0.1, -0.05) is 12.2 Å². The van der Waals surface area contributed by atoms with Crippen molar-refractivity contribution in [2.45, 2.75) is 48.0 Å². The highest BCUT2D eigenvalue weighted by Crippen LogP contribution is 2.89. The molecule has 1 heterocycles. The molecule has 140 valence electrons. The molecule has 2 aliphatic rings. The van der Waals surface area contributed by atoms with E-state index in [1.54, 1.807) is 11.4 Å². The molecular formula is C16H18F5PS3. The van der Waals surface area contributed by atoms with E-state index in [9.17, 15) is 22.0 Å². The van der Waals surface area contributed by atoms with Gasteiger partial charge >= 0.3 is 0 Å². The molecule has 1 saturated carbocycles. The molecule has 1 unspecified atom stereocenters. The second kappa shape index (κ2) is 6.92. The van der Waals surface area contributed by atoms with Crippen LogP contribution in [0.3, 0.4) is 0 Å². The smallest absolute Gasteiger partial charge is 0.200 e. The first-order valence-electron chi connectivity index (χ1n) is 7.72. The van der Waals surface area contributed by atoms with Crippen molar-refractivity contribution in [2.24, 2.45) is 5.92 Å². The molecule has 1 aliphatic heterocycles. The predicted molar refractivity (Wildman–Crippen MR) is 101 cm³/mol. The Morgan fingerprint density at radius 2 is 1.68 bits per heavy atom. The van der Waals surface area contributed by atoms with E-state index < -0.39 is 50.0 Å². The van der Waals surface area contributed by atoms with Crippen molar-refractivity contribution in [1.29, 1.82) is 0 Å². The van der Waals surface area contributed by atoms with Crippen molar-refractivity contribution in [2.75, 3.05) is 0 Å². The van der Waals surface area contributed by atoms with E-state index in [2.05, 4.69) is 18.8 Å². The molecule has 0 amide bonds. The van der Waals surface area contributed by atoms with Crippen LogP contribution in [0.4, 0.5) is 22.0 Å². The molecule has 0 aromatic heterocycles. The van der Waals surface area contributed by atoms with Crippen LogP contribution < -0.4 is 0 Å². The molecule has 5 atom stereocenters. The summed E-state index contributed by atoms with van der Waals surface area (Å²) in [5.74, 6) is -8.99. The lowest BCUT2D eigenvalue weighted by Gasteiger charge is -2.42. The van der Waals surface area contributed by atoms with Crippen LogP contribution >= 0.6 is 39.7 Å². The minimum atomic E-state index is -2.10. The van der Waals surface area contributed by atoms with Crippen LogP contribution in [-0.4, -0.2) is 10.00 Å². The number of allylic oxidation sites excluding steroid dienone is 1. The van der Waals surface area contributed by atoms with Crippen LogP contribution in [-0.2, 0) is 0 Å². The fourth-order valence-corrected chi connectivity index (χ4v) is 20.5. The Morgan fingerprint density at radius 1 is 1.16 bits per heavy atom. The zero-order valence-corrected chi connectivity index (χ0v) is 17.1. The van der Waals surface area contributed by atoms with Gasteiger partial charge in [0.2, 0.25) is 5.82 Å². The van der Waals surface area contributed by atoms with Crippen molar-refractivity contribution in [1.82, 2.24) is 0 Å². The lowest BCUT2D eigenvalue weighted by atomic mass is 9.79. The van der Waals surface area contributed by atoms with Crippen molar-refractivity contribution in [3.8, 4) is 0 Å². The third-order valence-corrected chi connectivity index (χ3v) is 18.0. The fourth-order valence-electron chi connectivity index (χ4n) is 3.56. The zero-order chi connectivity index (χ0) is 18.7. The van der Waals surface area contributed by atoms with Crippen LogP contribution in [0.2, 0.25) is 0 Å². The normalized spacial score (nSPS) is 36.3. The average molecular weight is 432 g/mol. The Labute approximate surface area is 156 Å². The number of halogens is 5. The maximum Gasteiger partial charge on any atom is 0.200 e. The second-order valence-corrected chi connectivity index (χ2v) is 18.0. The van der Waals surface area contributed by atoms with Crippen molar-refractivity contribution in [3.05, 3.63) is 41.2 Å². The first-order valence-corrected chi connectivity index (χ1v) is 13.8. The summed E-state index contributed by atoms with van der Waals surface area (Å²) < 4.78 is 69.4. The number of hydrogen-bond donors (Lipinski definition) is 2. The quantitative estimate of drug-likeness (QED) is 0.125. The van der Waals surface area contributed by atoms with Gasteiger partial charge in [-0.15, -0.1) is 23.6 Å². The van der Waals surface area contributed by atoms with Crippen LogP contribution in [0.1, 0.15) is 33.1 Å². The van der Waals surface area contributed by atoms with Crippen LogP contribution in [0.25, 0.3) is 0 Å². The summed E-state index contributed by atoms with van der Waals surface area (Å²) in [6.07, 6.45) is 2.41. The molecule has 2 fully saturated rings. The number of fused-ring (bicyclic) bond motifs is 1. The molecule has 0 bridgehead atoms. The Hall–Kier alpha value is 0.0900. The van der Waals surface area contributed by atoms with Gasteiger partial charge in [-0.2, -0.15) is 10.5 Å². The van der Waals surface area contributed by atoms with Gasteiger partial charge in [0.15, 0.2) is 23.3 Å². The van der Waals surface area contributed by atoms with E-state index in [0.717, 1.165) is 18.4 Å². The SMILES string of the molecule is C=C(C)[C@H]1CC[C@@]2(C)S[P@@](S)[SH](c3c(F)c(F)c(F)c(F)c3F)[C@@H]2C1. The summed E-state index contributed by atoms with van der Waals surface area (Å²) in [5, 5.41) is -0.139. The Bertz CT molecular complexity index is 714. The molecule has 1 aliphatic carbocycles. The molecule has 1 aromatic carbocycles. The van der Waals surface area contributed by atoms with Gasteiger partial charge in [0.1, 0.15) is 0 Å². The minimum Gasteiger partial charge on any atom is -0.202 e.